The number of amides is 1. The van der Waals surface area contributed by atoms with Gasteiger partial charge in [0.15, 0.2) is 5.82 Å². The number of carbonyl (C=O) groups is 1. The number of anilines is 1. The Morgan fingerprint density at radius 3 is 2.46 bits per heavy atom. The number of rotatable bonds is 5. The molecule has 0 saturated carbocycles. The van der Waals surface area contributed by atoms with Crippen LogP contribution in [0.25, 0.3) is 11.3 Å². The van der Waals surface area contributed by atoms with Crippen molar-refractivity contribution in [1.29, 1.82) is 0 Å². The van der Waals surface area contributed by atoms with Crippen LogP contribution in [0.1, 0.15) is 18.2 Å². The minimum atomic E-state index is -0.159. The van der Waals surface area contributed by atoms with Crippen molar-refractivity contribution in [3.63, 3.8) is 0 Å². The Bertz CT molecular complexity index is 909. The molecular formula is C20H18ClN3O2. The van der Waals surface area contributed by atoms with E-state index < -0.39 is 0 Å². The highest BCUT2D eigenvalue weighted by molar-refractivity contribution is 6.30. The molecule has 3 aromatic rings. The lowest BCUT2D eigenvalue weighted by molar-refractivity contribution is -0.115. The maximum Gasteiger partial charge on any atom is 0.229 e. The van der Waals surface area contributed by atoms with Crippen LogP contribution in [0.3, 0.4) is 0 Å². The number of hydrogen-bond acceptors (Lipinski definition) is 4. The van der Waals surface area contributed by atoms with E-state index in [-0.39, 0.29) is 18.1 Å². The van der Waals surface area contributed by atoms with Crippen LogP contribution >= 0.6 is 11.6 Å². The number of benzene rings is 2. The molecule has 0 bridgehead atoms. The molecule has 2 aromatic carbocycles. The Morgan fingerprint density at radius 2 is 1.81 bits per heavy atom. The predicted molar refractivity (Wildman–Crippen MR) is 102 cm³/mol. The molecule has 3 rings (SSSR count). The predicted octanol–water partition coefficient (Wildman–Crippen LogP) is 4.25. The van der Waals surface area contributed by atoms with Gasteiger partial charge >= 0.3 is 0 Å². The second-order valence-corrected chi connectivity index (χ2v) is 6.24. The summed E-state index contributed by atoms with van der Waals surface area (Å²) in [5.74, 6) is 0.506. The third-order valence-corrected chi connectivity index (χ3v) is 4.13. The number of hydrogen-bond donors (Lipinski definition) is 2. The molecule has 2 N–H and O–H groups in total. The van der Waals surface area contributed by atoms with E-state index in [1.165, 1.54) is 0 Å². The van der Waals surface area contributed by atoms with Gasteiger partial charge in [-0.3, -0.25) is 4.79 Å². The van der Waals surface area contributed by atoms with E-state index in [0.29, 0.717) is 28.6 Å². The Balaban J connectivity index is 1.76. The lowest BCUT2D eigenvalue weighted by Crippen LogP contribution is -2.17. The molecule has 5 nitrogen and oxygen atoms in total. The fourth-order valence-electron chi connectivity index (χ4n) is 2.51. The largest absolute Gasteiger partial charge is 0.508 e. The second-order valence-electron chi connectivity index (χ2n) is 5.80. The number of carbonyl (C=O) groups excluding carboxylic acids is 1. The van der Waals surface area contributed by atoms with Crippen molar-refractivity contribution in [3.8, 4) is 17.0 Å². The van der Waals surface area contributed by atoms with E-state index in [4.69, 9.17) is 11.6 Å². The fourth-order valence-corrected chi connectivity index (χ4v) is 2.64. The molecule has 0 radical (unpaired) electrons. The molecular weight excluding hydrogens is 350 g/mol. The van der Waals surface area contributed by atoms with E-state index in [2.05, 4.69) is 15.3 Å². The lowest BCUT2D eigenvalue weighted by atomic mass is 10.1. The summed E-state index contributed by atoms with van der Waals surface area (Å²) in [7, 11) is 0. The number of aromatic nitrogens is 2. The van der Waals surface area contributed by atoms with Crippen molar-refractivity contribution >= 4 is 23.3 Å². The van der Waals surface area contributed by atoms with Crippen LogP contribution in [0.2, 0.25) is 5.02 Å². The molecule has 0 spiro atoms. The van der Waals surface area contributed by atoms with Crippen molar-refractivity contribution in [2.45, 2.75) is 19.8 Å². The third-order valence-electron chi connectivity index (χ3n) is 3.88. The van der Waals surface area contributed by atoms with Crippen LogP contribution in [0.5, 0.6) is 5.75 Å². The number of nitrogens with zero attached hydrogens (tertiary/aromatic N) is 2. The van der Waals surface area contributed by atoms with Crippen LogP contribution in [-0.4, -0.2) is 21.0 Å². The van der Waals surface area contributed by atoms with Crippen LogP contribution < -0.4 is 5.32 Å². The van der Waals surface area contributed by atoms with E-state index in [0.717, 1.165) is 11.1 Å². The summed E-state index contributed by atoms with van der Waals surface area (Å²) in [6.45, 7) is 1.96. The van der Waals surface area contributed by atoms with Crippen molar-refractivity contribution in [1.82, 2.24) is 9.97 Å². The molecule has 0 aliphatic rings. The van der Waals surface area contributed by atoms with Crippen LogP contribution in [-0.2, 0) is 17.6 Å². The molecule has 0 saturated heterocycles. The lowest BCUT2D eigenvalue weighted by Gasteiger charge is -2.10. The van der Waals surface area contributed by atoms with Crippen molar-refractivity contribution < 1.29 is 9.90 Å². The van der Waals surface area contributed by atoms with Crippen LogP contribution in [0.15, 0.2) is 54.7 Å². The van der Waals surface area contributed by atoms with Gasteiger partial charge in [-0.1, -0.05) is 30.7 Å². The summed E-state index contributed by atoms with van der Waals surface area (Å²) in [6, 6.07) is 13.9. The minimum absolute atomic E-state index is 0.159. The van der Waals surface area contributed by atoms with E-state index in [1.807, 2.05) is 19.1 Å². The Kier molecular flexibility index (Phi) is 5.49. The quantitative estimate of drug-likeness (QED) is 0.707. The normalized spacial score (nSPS) is 10.5. The summed E-state index contributed by atoms with van der Waals surface area (Å²) in [4.78, 5) is 21.2. The number of aromatic hydroxyl groups is 1. The number of aryl methyl sites for hydroxylation is 1. The summed E-state index contributed by atoms with van der Waals surface area (Å²) in [5, 5.41) is 12.9. The monoisotopic (exact) mass is 367 g/mol. The van der Waals surface area contributed by atoms with Gasteiger partial charge in [0.1, 0.15) is 5.75 Å². The number of nitrogens with one attached hydrogen (secondary N) is 1. The summed E-state index contributed by atoms with van der Waals surface area (Å²) < 4.78 is 0. The van der Waals surface area contributed by atoms with Gasteiger partial charge in [-0.25, -0.2) is 9.97 Å². The van der Waals surface area contributed by atoms with Crippen LogP contribution in [0.4, 0.5) is 5.82 Å². The van der Waals surface area contributed by atoms with E-state index in [1.54, 1.807) is 42.6 Å². The standard InChI is InChI=1S/C20H18ClN3O2/c1-2-17-20(24-19(26)11-13-3-7-15(21)8-4-13)22-12-18(23-17)14-5-9-16(25)10-6-14/h3-10,12,25H,2,11H2,1H3,(H,22,24,26). The van der Waals surface area contributed by atoms with Crippen LogP contribution in [0, 0.1) is 0 Å². The first kappa shape index (κ1) is 17.9. The zero-order valence-electron chi connectivity index (χ0n) is 14.2. The SMILES string of the molecule is CCc1nc(-c2ccc(O)cc2)cnc1NC(=O)Cc1ccc(Cl)cc1. The molecule has 0 aliphatic heterocycles. The van der Waals surface area contributed by atoms with Gasteiger partial charge in [-0.05, 0) is 48.4 Å². The Hall–Kier alpha value is -2.92. The molecule has 6 heteroatoms. The minimum Gasteiger partial charge on any atom is -0.508 e. The van der Waals surface area contributed by atoms with Gasteiger partial charge in [0.25, 0.3) is 0 Å². The third kappa shape index (κ3) is 4.37. The summed E-state index contributed by atoms with van der Waals surface area (Å²) in [6.07, 6.45) is 2.49. The zero-order valence-corrected chi connectivity index (χ0v) is 15.0. The van der Waals surface area contributed by atoms with Gasteiger partial charge < -0.3 is 10.4 Å². The maximum absolute atomic E-state index is 12.3. The van der Waals surface area contributed by atoms with Gasteiger partial charge in [0, 0.05) is 10.6 Å². The van der Waals surface area contributed by atoms with E-state index in [9.17, 15) is 9.90 Å². The Labute approximate surface area is 156 Å². The molecule has 0 aliphatic carbocycles. The Morgan fingerprint density at radius 1 is 1.12 bits per heavy atom. The van der Waals surface area contributed by atoms with Crippen molar-refractivity contribution in [3.05, 3.63) is 71.0 Å². The fraction of sp³-hybridized carbons (Fsp3) is 0.150. The molecule has 0 fully saturated rings. The average Bonchev–Trinajstić information content (AvgIpc) is 2.64. The van der Waals surface area contributed by atoms with E-state index >= 15 is 0 Å². The first-order valence-electron chi connectivity index (χ1n) is 8.24. The molecule has 0 unspecified atom stereocenters. The first-order valence-corrected chi connectivity index (χ1v) is 8.62. The molecule has 132 valence electrons. The molecule has 1 heterocycles. The number of phenols is 1. The number of halogens is 1. The maximum atomic E-state index is 12.3. The second kappa shape index (κ2) is 7.97. The highest BCUT2D eigenvalue weighted by atomic mass is 35.5. The topological polar surface area (TPSA) is 75.1 Å². The van der Waals surface area contributed by atoms with Crippen molar-refractivity contribution in [2.75, 3.05) is 5.32 Å². The molecule has 1 amide bonds. The summed E-state index contributed by atoms with van der Waals surface area (Å²) >= 11 is 5.86. The van der Waals surface area contributed by atoms with Crippen molar-refractivity contribution in [2.24, 2.45) is 0 Å². The van der Waals surface area contributed by atoms with Gasteiger partial charge in [-0.15, -0.1) is 0 Å². The highest BCUT2D eigenvalue weighted by Crippen LogP contribution is 2.22. The van der Waals surface area contributed by atoms with Gasteiger partial charge in [-0.2, -0.15) is 0 Å². The average molecular weight is 368 g/mol. The highest BCUT2D eigenvalue weighted by Gasteiger charge is 2.11. The zero-order chi connectivity index (χ0) is 18.5. The molecule has 1 aromatic heterocycles. The molecule has 26 heavy (non-hydrogen) atoms. The first-order chi connectivity index (χ1) is 12.5. The molecule has 0 atom stereocenters. The van der Waals surface area contributed by atoms with Gasteiger partial charge in [0.05, 0.1) is 24.0 Å². The number of phenolic OH excluding ortho intramolecular Hbond substituents is 1. The summed E-state index contributed by atoms with van der Waals surface area (Å²) in [5.41, 5.74) is 3.13. The van der Waals surface area contributed by atoms with Gasteiger partial charge in [0.2, 0.25) is 5.91 Å². The smallest absolute Gasteiger partial charge is 0.229 e.